The van der Waals surface area contributed by atoms with E-state index in [4.69, 9.17) is 5.73 Å². The largest absolute Gasteiger partial charge is 0.394 e. The molecule has 2 heterocycles. The molecule has 1 aromatic heterocycles. The van der Waals surface area contributed by atoms with Crippen LogP contribution in [0.15, 0.2) is 0 Å². The van der Waals surface area contributed by atoms with Crippen LogP contribution in [0.25, 0.3) is 0 Å². The monoisotopic (exact) mass is 237 g/mol. The van der Waals surface area contributed by atoms with Gasteiger partial charge in [0.15, 0.2) is 0 Å². The summed E-state index contributed by atoms with van der Waals surface area (Å²) in [6.45, 7) is 5.32. The molecule has 1 aliphatic heterocycles. The third-order valence-corrected chi connectivity index (χ3v) is 3.55. The number of likely N-dealkylation sites (tertiary alicyclic amines) is 1. The van der Waals surface area contributed by atoms with Crippen LogP contribution in [0.3, 0.4) is 0 Å². The molecule has 1 aromatic rings. The van der Waals surface area contributed by atoms with Crippen LogP contribution >= 0.6 is 0 Å². The molecule has 1 fully saturated rings. The van der Waals surface area contributed by atoms with Gasteiger partial charge in [-0.3, -0.25) is 4.68 Å². The van der Waals surface area contributed by atoms with Gasteiger partial charge in [0.25, 0.3) is 0 Å². The Hall–Kier alpha value is -1.23. The molecule has 1 aliphatic rings. The summed E-state index contributed by atoms with van der Waals surface area (Å²) < 4.78 is 1.83. The van der Waals surface area contributed by atoms with E-state index in [1.54, 1.807) is 0 Å². The van der Waals surface area contributed by atoms with Crippen LogP contribution in [-0.4, -0.2) is 41.4 Å². The van der Waals surface area contributed by atoms with E-state index >= 15 is 0 Å². The van der Waals surface area contributed by atoms with Crippen LogP contribution in [0.4, 0.5) is 11.5 Å². The summed E-state index contributed by atoms with van der Waals surface area (Å²) in [4.78, 5) is 2.40. The molecule has 0 saturated carbocycles. The van der Waals surface area contributed by atoms with E-state index in [1.807, 2.05) is 18.7 Å². The van der Waals surface area contributed by atoms with Crippen LogP contribution in [0.5, 0.6) is 0 Å². The third-order valence-electron chi connectivity index (χ3n) is 3.55. The van der Waals surface area contributed by atoms with Crippen LogP contribution in [-0.2, 0) is 7.05 Å². The smallest absolute Gasteiger partial charge is 0.147 e. The number of aromatic nitrogens is 2. The number of hydrogen-bond donors (Lipinski definition) is 2. The predicted octanol–water partition coefficient (Wildman–Crippen LogP) is 1.06. The second-order valence-electron chi connectivity index (χ2n) is 5.12. The zero-order valence-corrected chi connectivity index (χ0v) is 11.0. The van der Waals surface area contributed by atoms with Gasteiger partial charge in [-0.2, -0.15) is 5.10 Å². The van der Waals surface area contributed by atoms with Crippen LogP contribution < -0.4 is 11.1 Å². The topological polar surface area (TPSA) is 59.1 Å². The quantitative estimate of drug-likeness (QED) is 0.825. The second-order valence-corrected chi connectivity index (χ2v) is 5.12. The first-order valence-electron chi connectivity index (χ1n) is 6.29. The van der Waals surface area contributed by atoms with Crippen LogP contribution in [0.1, 0.15) is 18.5 Å². The van der Waals surface area contributed by atoms with Crippen molar-refractivity contribution in [2.75, 3.05) is 37.7 Å². The van der Waals surface area contributed by atoms with Crippen LogP contribution in [0.2, 0.25) is 0 Å². The lowest BCUT2D eigenvalue weighted by atomic mass is 9.98. The van der Waals surface area contributed by atoms with Gasteiger partial charge in [-0.1, -0.05) is 0 Å². The van der Waals surface area contributed by atoms with Gasteiger partial charge >= 0.3 is 0 Å². The first-order chi connectivity index (χ1) is 8.08. The molecular formula is C12H23N5. The Morgan fingerprint density at radius 3 is 2.82 bits per heavy atom. The number of nitrogens with two attached hydrogens (primary N) is 1. The Kier molecular flexibility index (Phi) is 3.57. The highest BCUT2D eigenvalue weighted by Gasteiger charge is 2.18. The van der Waals surface area contributed by atoms with Crippen molar-refractivity contribution in [2.45, 2.75) is 19.8 Å². The lowest BCUT2D eigenvalue weighted by Crippen LogP contribution is -2.35. The molecule has 0 aromatic carbocycles. The molecule has 0 aliphatic carbocycles. The molecule has 5 nitrogen and oxygen atoms in total. The third kappa shape index (κ3) is 2.72. The molecule has 5 heteroatoms. The molecule has 1 atom stereocenters. The minimum atomic E-state index is 0.711. The number of nitrogens with one attached hydrogen (secondary N) is 1. The van der Waals surface area contributed by atoms with E-state index in [0.717, 1.165) is 23.7 Å². The fourth-order valence-corrected chi connectivity index (χ4v) is 2.57. The van der Waals surface area contributed by atoms with Crippen LogP contribution in [0, 0.1) is 12.8 Å². The van der Waals surface area contributed by atoms with E-state index in [-0.39, 0.29) is 0 Å². The van der Waals surface area contributed by atoms with Crippen molar-refractivity contribution in [1.29, 1.82) is 0 Å². The first kappa shape index (κ1) is 12.2. The number of piperidine rings is 1. The van der Waals surface area contributed by atoms with E-state index in [2.05, 4.69) is 22.4 Å². The Labute approximate surface area is 103 Å². The van der Waals surface area contributed by atoms with Gasteiger partial charge < -0.3 is 16.0 Å². The first-order valence-corrected chi connectivity index (χ1v) is 6.29. The van der Waals surface area contributed by atoms with Crippen molar-refractivity contribution < 1.29 is 0 Å². The average molecular weight is 237 g/mol. The van der Waals surface area contributed by atoms with Crippen molar-refractivity contribution in [1.82, 2.24) is 14.7 Å². The number of nitrogen functional groups attached to an aromatic ring is 1. The summed E-state index contributed by atoms with van der Waals surface area (Å²) in [6, 6.07) is 0. The molecule has 3 N–H and O–H groups in total. The average Bonchev–Trinajstić information content (AvgIpc) is 2.51. The summed E-state index contributed by atoms with van der Waals surface area (Å²) in [5, 5.41) is 7.75. The number of anilines is 2. The number of hydrogen-bond acceptors (Lipinski definition) is 4. The maximum absolute atomic E-state index is 5.99. The van der Waals surface area contributed by atoms with Crippen molar-refractivity contribution in [3.05, 3.63) is 5.69 Å². The molecule has 1 saturated heterocycles. The van der Waals surface area contributed by atoms with Gasteiger partial charge in [0.2, 0.25) is 0 Å². The lowest BCUT2D eigenvalue weighted by Gasteiger charge is -2.29. The zero-order valence-electron chi connectivity index (χ0n) is 11.0. The fourth-order valence-electron chi connectivity index (χ4n) is 2.57. The summed E-state index contributed by atoms with van der Waals surface area (Å²) in [6.07, 6.45) is 2.59. The minimum Gasteiger partial charge on any atom is -0.394 e. The minimum absolute atomic E-state index is 0.711. The number of nitrogens with zero attached hydrogens (tertiary/aromatic N) is 3. The Morgan fingerprint density at radius 2 is 2.24 bits per heavy atom. The summed E-state index contributed by atoms with van der Waals surface area (Å²) in [5.41, 5.74) is 7.66. The highest BCUT2D eigenvalue weighted by atomic mass is 15.3. The van der Waals surface area contributed by atoms with E-state index in [9.17, 15) is 0 Å². The molecule has 96 valence electrons. The fraction of sp³-hybridized carbons (Fsp3) is 0.750. The molecule has 0 radical (unpaired) electrons. The Balaban J connectivity index is 1.93. The molecule has 1 unspecified atom stereocenters. The van der Waals surface area contributed by atoms with Crippen molar-refractivity contribution >= 4 is 11.5 Å². The predicted molar refractivity (Wildman–Crippen MR) is 71.1 cm³/mol. The molecule has 2 rings (SSSR count). The lowest BCUT2D eigenvalue weighted by molar-refractivity contribution is 0.217. The SMILES string of the molecule is Cc1nn(C)c(NCC2CCCN(C)C2)c1N. The number of rotatable bonds is 3. The van der Waals surface area contributed by atoms with Crippen molar-refractivity contribution in [2.24, 2.45) is 13.0 Å². The molecule has 0 spiro atoms. The molecule has 0 bridgehead atoms. The Bertz CT molecular complexity index is 384. The van der Waals surface area contributed by atoms with Crippen molar-refractivity contribution in [3.8, 4) is 0 Å². The molecular weight excluding hydrogens is 214 g/mol. The van der Waals surface area contributed by atoms with Gasteiger partial charge in [0, 0.05) is 20.1 Å². The van der Waals surface area contributed by atoms with E-state index in [1.165, 1.54) is 25.9 Å². The van der Waals surface area contributed by atoms with Gasteiger partial charge in [-0.25, -0.2) is 0 Å². The van der Waals surface area contributed by atoms with Gasteiger partial charge in [-0.15, -0.1) is 0 Å². The normalized spacial score (nSPS) is 21.7. The summed E-state index contributed by atoms with van der Waals surface area (Å²) in [7, 11) is 4.12. The second kappa shape index (κ2) is 4.96. The maximum Gasteiger partial charge on any atom is 0.147 e. The molecule has 17 heavy (non-hydrogen) atoms. The number of aryl methyl sites for hydroxylation is 2. The van der Waals surface area contributed by atoms with E-state index < -0.39 is 0 Å². The van der Waals surface area contributed by atoms with Gasteiger partial charge in [0.05, 0.1) is 11.4 Å². The molecule has 0 amide bonds. The van der Waals surface area contributed by atoms with Gasteiger partial charge in [-0.05, 0) is 39.3 Å². The zero-order chi connectivity index (χ0) is 12.4. The maximum atomic E-state index is 5.99. The highest BCUT2D eigenvalue weighted by Crippen LogP contribution is 2.22. The van der Waals surface area contributed by atoms with E-state index in [0.29, 0.717) is 5.92 Å². The summed E-state index contributed by atoms with van der Waals surface area (Å²) >= 11 is 0. The van der Waals surface area contributed by atoms with Crippen molar-refractivity contribution in [3.63, 3.8) is 0 Å². The Morgan fingerprint density at radius 1 is 1.47 bits per heavy atom. The van der Waals surface area contributed by atoms with Gasteiger partial charge in [0.1, 0.15) is 5.82 Å². The highest BCUT2D eigenvalue weighted by molar-refractivity contribution is 5.64. The standard InChI is InChI=1S/C12H23N5/c1-9-11(13)12(17(3)15-9)14-7-10-5-4-6-16(2)8-10/h10,14H,4-8,13H2,1-3H3. The summed E-state index contributed by atoms with van der Waals surface area (Å²) in [5.74, 6) is 1.67.